The zero-order valence-electron chi connectivity index (χ0n) is 22.1. The SMILES string of the molecule is CC(F)(c1ccc2c(c1)CC[C@H]1N(C(=O)c3ccc(-n4cnnn4)cc3)CC[C@@]21Cc1ccc(F)cc1)C(F)(F)F. The third-order valence-corrected chi connectivity index (χ3v) is 8.64. The van der Waals surface area contributed by atoms with Crippen LogP contribution < -0.4 is 0 Å². The van der Waals surface area contributed by atoms with E-state index in [0.717, 1.165) is 11.1 Å². The maximum atomic E-state index is 14.9. The van der Waals surface area contributed by atoms with Crippen LogP contribution in [0.4, 0.5) is 22.0 Å². The molecule has 6 rings (SSSR count). The number of halogens is 5. The van der Waals surface area contributed by atoms with Gasteiger partial charge in [-0.05, 0) is 102 Å². The van der Waals surface area contributed by atoms with Crippen LogP contribution in [0.15, 0.2) is 73.1 Å². The third kappa shape index (κ3) is 4.57. The highest BCUT2D eigenvalue weighted by Crippen LogP contribution is 2.51. The number of aryl methyl sites for hydroxylation is 1. The number of hydrogen-bond acceptors (Lipinski definition) is 4. The summed E-state index contributed by atoms with van der Waals surface area (Å²) in [5, 5.41) is 11.1. The number of benzene rings is 3. The second-order valence-corrected chi connectivity index (χ2v) is 10.9. The lowest BCUT2D eigenvalue weighted by atomic mass is 9.63. The van der Waals surface area contributed by atoms with Gasteiger partial charge >= 0.3 is 6.18 Å². The van der Waals surface area contributed by atoms with Crippen molar-refractivity contribution >= 4 is 5.91 Å². The predicted molar refractivity (Wildman–Crippen MR) is 140 cm³/mol. The van der Waals surface area contributed by atoms with Crippen molar-refractivity contribution < 1.29 is 26.7 Å². The van der Waals surface area contributed by atoms with Crippen molar-refractivity contribution in [2.45, 2.75) is 55.9 Å². The van der Waals surface area contributed by atoms with Gasteiger partial charge in [-0.15, -0.1) is 5.10 Å². The van der Waals surface area contributed by atoms with Crippen molar-refractivity contribution in [3.05, 3.63) is 107 Å². The van der Waals surface area contributed by atoms with E-state index >= 15 is 0 Å². The maximum absolute atomic E-state index is 14.9. The zero-order valence-corrected chi connectivity index (χ0v) is 22.1. The van der Waals surface area contributed by atoms with Gasteiger partial charge in [0.15, 0.2) is 0 Å². The lowest BCUT2D eigenvalue weighted by Gasteiger charge is -2.44. The number of amides is 1. The smallest absolute Gasteiger partial charge is 0.335 e. The molecule has 4 aromatic rings. The molecular weight excluding hydrogens is 541 g/mol. The van der Waals surface area contributed by atoms with E-state index in [4.69, 9.17) is 0 Å². The van der Waals surface area contributed by atoms with Crippen LogP contribution in [0.3, 0.4) is 0 Å². The van der Waals surface area contributed by atoms with Gasteiger partial charge in [0.1, 0.15) is 12.1 Å². The molecule has 2 aliphatic rings. The van der Waals surface area contributed by atoms with Crippen LogP contribution in [0, 0.1) is 5.82 Å². The van der Waals surface area contributed by atoms with Crippen molar-refractivity contribution in [2.24, 2.45) is 0 Å². The van der Waals surface area contributed by atoms with Crippen LogP contribution in [-0.2, 0) is 23.9 Å². The van der Waals surface area contributed by atoms with Gasteiger partial charge in [0.2, 0.25) is 5.67 Å². The number of fused-ring (bicyclic) bond motifs is 3. The molecule has 1 unspecified atom stereocenters. The molecule has 212 valence electrons. The number of nitrogens with zero attached hydrogens (tertiary/aromatic N) is 5. The summed E-state index contributed by atoms with van der Waals surface area (Å²) in [5.74, 6) is -0.535. The summed E-state index contributed by atoms with van der Waals surface area (Å²) in [7, 11) is 0. The maximum Gasteiger partial charge on any atom is 0.426 e. The number of carbonyl (C=O) groups excluding carboxylic acids is 1. The van der Waals surface area contributed by atoms with E-state index in [0.29, 0.717) is 56.0 Å². The number of aromatic nitrogens is 4. The average Bonchev–Trinajstić information content (AvgIpc) is 3.62. The fraction of sp³-hybridized carbons (Fsp3) is 0.333. The molecule has 2 heterocycles. The molecule has 6 nitrogen and oxygen atoms in total. The van der Waals surface area contributed by atoms with E-state index in [9.17, 15) is 26.7 Å². The van der Waals surface area contributed by atoms with Crippen LogP contribution in [-0.4, -0.2) is 49.8 Å². The molecule has 0 radical (unpaired) electrons. The van der Waals surface area contributed by atoms with Crippen molar-refractivity contribution in [1.29, 1.82) is 0 Å². The van der Waals surface area contributed by atoms with Gasteiger partial charge in [0.25, 0.3) is 5.91 Å². The molecule has 3 aromatic carbocycles. The Bertz CT molecular complexity index is 1570. The standard InChI is InChI=1S/C30H26F5N5O/c1-28(32,30(33,34)35)22-7-12-25-21(16-22)6-13-26-29(25,17-19-2-8-23(31)9-3-19)14-15-39(26)27(41)20-4-10-24(11-5-20)40-18-36-37-38-40/h2-5,7-12,16,18,26H,6,13-15,17H2,1H3/t26-,28?,29-/m1/s1. The second-order valence-electron chi connectivity index (χ2n) is 10.9. The first-order valence-electron chi connectivity index (χ1n) is 13.3. The lowest BCUT2D eigenvalue weighted by molar-refractivity contribution is -0.228. The van der Waals surface area contributed by atoms with Gasteiger partial charge in [-0.2, -0.15) is 13.2 Å². The van der Waals surface area contributed by atoms with E-state index in [2.05, 4.69) is 15.5 Å². The summed E-state index contributed by atoms with van der Waals surface area (Å²) in [6.07, 6.45) is -1.69. The monoisotopic (exact) mass is 567 g/mol. The molecule has 11 heteroatoms. The number of tetrazole rings is 1. The Morgan fingerprint density at radius 2 is 1.76 bits per heavy atom. The molecule has 1 aromatic heterocycles. The topological polar surface area (TPSA) is 63.9 Å². The van der Waals surface area contributed by atoms with Gasteiger partial charge in [-0.3, -0.25) is 4.79 Å². The summed E-state index contributed by atoms with van der Waals surface area (Å²) in [5.41, 5.74) is -1.07. The molecule has 0 spiro atoms. The number of rotatable bonds is 5. The van der Waals surface area contributed by atoms with Crippen molar-refractivity contribution in [3.63, 3.8) is 0 Å². The quantitative estimate of drug-likeness (QED) is 0.282. The molecule has 0 saturated carbocycles. The van der Waals surface area contributed by atoms with Gasteiger partial charge in [0, 0.05) is 23.6 Å². The number of hydrogen-bond donors (Lipinski definition) is 0. The van der Waals surface area contributed by atoms with Crippen LogP contribution in [0.5, 0.6) is 0 Å². The van der Waals surface area contributed by atoms with E-state index in [1.54, 1.807) is 42.5 Å². The van der Waals surface area contributed by atoms with Gasteiger partial charge in [0.05, 0.1) is 5.69 Å². The Morgan fingerprint density at radius 3 is 2.41 bits per heavy atom. The van der Waals surface area contributed by atoms with E-state index in [1.807, 2.05) is 4.90 Å². The second kappa shape index (κ2) is 9.74. The molecule has 0 bridgehead atoms. The summed E-state index contributed by atoms with van der Waals surface area (Å²) < 4.78 is 70.6. The summed E-state index contributed by atoms with van der Waals surface area (Å²) >= 11 is 0. The highest BCUT2D eigenvalue weighted by Gasteiger charge is 2.55. The zero-order chi connectivity index (χ0) is 29.0. The van der Waals surface area contributed by atoms with Gasteiger partial charge in [-0.25, -0.2) is 13.5 Å². The van der Waals surface area contributed by atoms with E-state index < -0.39 is 22.8 Å². The average molecular weight is 568 g/mol. The number of likely N-dealkylation sites (tertiary alicyclic amines) is 1. The van der Waals surface area contributed by atoms with Gasteiger partial charge < -0.3 is 4.90 Å². The minimum Gasteiger partial charge on any atom is -0.335 e. The minimum absolute atomic E-state index is 0.160. The highest BCUT2D eigenvalue weighted by atomic mass is 19.4. The molecule has 41 heavy (non-hydrogen) atoms. The normalized spacial score (nSPS) is 21.7. The number of alkyl halides is 4. The molecule has 0 N–H and O–H groups in total. The Hall–Kier alpha value is -4.15. The van der Waals surface area contributed by atoms with E-state index in [-0.39, 0.29) is 17.8 Å². The Balaban J connectivity index is 1.37. The first-order valence-corrected chi connectivity index (χ1v) is 13.3. The van der Waals surface area contributed by atoms with E-state index in [1.165, 1.54) is 35.3 Å². The fourth-order valence-electron chi connectivity index (χ4n) is 6.43. The fourth-order valence-corrected chi connectivity index (χ4v) is 6.43. The third-order valence-electron chi connectivity index (χ3n) is 8.64. The molecule has 1 aliphatic heterocycles. The number of carbonyl (C=O) groups is 1. The Labute approximate surface area is 232 Å². The first-order chi connectivity index (χ1) is 19.5. The van der Waals surface area contributed by atoms with Crippen molar-refractivity contribution in [2.75, 3.05) is 6.54 Å². The molecule has 1 saturated heterocycles. The Morgan fingerprint density at radius 1 is 1.02 bits per heavy atom. The minimum atomic E-state index is -5.05. The van der Waals surface area contributed by atoms with Crippen molar-refractivity contribution in [3.8, 4) is 5.69 Å². The van der Waals surface area contributed by atoms with Crippen molar-refractivity contribution in [1.82, 2.24) is 25.1 Å². The lowest BCUT2D eigenvalue weighted by Crippen LogP contribution is -2.49. The summed E-state index contributed by atoms with van der Waals surface area (Å²) in [4.78, 5) is 15.6. The predicted octanol–water partition coefficient (Wildman–Crippen LogP) is 5.89. The largest absolute Gasteiger partial charge is 0.426 e. The van der Waals surface area contributed by atoms with Crippen LogP contribution in [0.1, 0.15) is 52.4 Å². The molecule has 1 fully saturated rings. The molecule has 1 aliphatic carbocycles. The first kappa shape index (κ1) is 27.0. The summed E-state index contributed by atoms with van der Waals surface area (Å²) in [6.45, 7) is 0.972. The molecule has 3 atom stereocenters. The molecular formula is C30H26F5N5O. The van der Waals surface area contributed by atoms with Crippen LogP contribution in [0.25, 0.3) is 5.69 Å². The Kier molecular flexibility index (Phi) is 6.43. The van der Waals surface area contributed by atoms with Crippen LogP contribution >= 0.6 is 0 Å². The van der Waals surface area contributed by atoms with Gasteiger partial charge in [-0.1, -0.05) is 30.3 Å². The molecule has 1 amide bonds. The summed E-state index contributed by atoms with van der Waals surface area (Å²) in [6, 6.07) is 16.9. The highest BCUT2D eigenvalue weighted by molar-refractivity contribution is 5.95. The van der Waals surface area contributed by atoms with Crippen LogP contribution in [0.2, 0.25) is 0 Å².